The largest absolute Gasteiger partial charge is 0.391 e. The van der Waals surface area contributed by atoms with Crippen LogP contribution in [0.25, 0.3) is 0 Å². The smallest absolute Gasteiger partial charge is 0.0759 e. The third kappa shape index (κ3) is 3.07. The predicted molar refractivity (Wildman–Crippen MR) is 70.4 cm³/mol. The summed E-state index contributed by atoms with van der Waals surface area (Å²) in [5, 5.41) is 10.5. The van der Waals surface area contributed by atoms with Gasteiger partial charge in [0.1, 0.15) is 0 Å². The summed E-state index contributed by atoms with van der Waals surface area (Å²) in [6, 6.07) is 3.91. The number of nitrogens with zero attached hydrogens (tertiary/aromatic N) is 2. The Hall–Kier alpha value is -0.970. The molecule has 1 aliphatic rings. The molecule has 0 amide bonds. The fourth-order valence-corrected chi connectivity index (χ4v) is 2.34. The molecule has 100 valence electrons. The van der Waals surface area contributed by atoms with Crippen LogP contribution in [0.4, 0.5) is 0 Å². The summed E-state index contributed by atoms with van der Waals surface area (Å²) in [7, 11) is 0. The van der Waals surface area contributed by atoms with Gasteiger partial charge < -0.3 is 9.84 Å². The first kappa shape index (κ1) is 13.5. The van der Waals surface area contributed by atoms with Crippen molar-refractivity contribution in [2.24, 2.45) is 0 Å². The van der Waals surface area contributed by atoms with E-state index in [-0.39, 0.29) is 5.54 Å². The highest BCUT2D eigenvalue weighted by atomic mass is 16.5. The molecular weight excluding hydrogens is 228 g/mol. The second-order valence-electron chi connectivity index (χ2n) is 5.33. The number of pyridine rings is 1. The van der Waals surface area contributed by atoms with Gasteiger partial charge in [0.15, 0.2) is 0 Å². The van der Waals surface area contributed by atoms with E-state index in [1.165, 1.54) is 0 Å². The van der Waals surface area contributed by atoms with Crippen LogP contribution in [0.3, 0.4) is 0 Å². The van der Waals surface area contributed by atoms with Crippen LogP contribution in [-0.2, 0) is 11.2 Å². The zero-order chi connectivity index (χ0) is 13.0. The lowest BCUT2D eigenvalue weighted by molar-refractivity contribution is -0.0612. The quantitative estimate of drug-likeness (QED) is 0.869. The average Bonchev–Trinajstić information content (AvgIpc) is 2.41. The van der Waals surface area contributed by atoms with Crippen LogP contribution in [0.5, 0.6) is 0 Å². The van der Waals surface area contributed by atoms with Crippen molar-refractivity contribution in [3.05, 3.63) is 30.1 Å². The minimum absolute atomic E-state index is 0.236. The molecule has 0 spiro atoms. The van der Waals surface area contributed by atoms with Crippen LogP contribution in [0.15, 0.2) is 24.5 Å². The van der Waals surface area contributed by atoms with Crippen LogP contribution in [-0.4, -0.2) is 52.9 Å². The number of ether oxygens (including phenoxy) is 1. The van der Waals surface area contributed by atoms with Gasteiger partial charge in [-0.2, -0.15) is 0 Å². The maximum atomic E-state index is 10.5. The van der Waals surface area contributed by atoms with Crippen LogP contribution >= 0.6 is 0 Å². The Balaban J connectivity index is 2.00. The van der Waals surface area contributed by atoms with Crippen LogP contribution in [0.2, 0.25) is 0 Å². The van der Waals surface area contributed by atoms with Gasteiger partial charge in [0.25, 0.3) is 0 Å². The molecule has 0 bridgehead atoms. The molecule has 0 radical (unpaired) electrons. The number of aliphatic hydroxyl groups excluding tert-OH is 1. The van der Waals surface area contributed by atoms with Gasteiger partial charge in [0, 0.05) is 37.4 Å². The van der Waals surface area contributed by atoms with Gasteiger partial charge in [-0.3, -0.25) is 9.88 Å². The fraction of sp³-hybridized carbons (Fsp3) is 0.643. The molecule has 0 aromatic carbocycles. The Morgan fingerprint density at radius 2 is 2.17 bits per heavy atom. The summed E-state index contributed by atoms with van der Waals surface area (Å²) < 4.78 is 5.36. The highest BCUT2D eigenvalue weighted by Crippen LogP contribution is 2.23. The van der Waals surface area contributed by atoms with E-state index >= 15 is 0 Å². The van der Waals surface area contributed by atoms with E-state index in [2.05, 4.69) is 23.7 Å². The number of hydrogen-bond donors (Lipinski definition) is 1. The topological polar surface area (TPSA) is 45.6 Å². The van der Waals surface area contributed by atoms with E-state index in [1.807, 2.05) is 18.3 Å². The Morgan fingerprint density at radius 1 is 1.44 bits per heavy atom. The first-order chi connectivity index (χ1) is 8.60. The molecule has 1 N–H and O–H groups in total. The van der Waals surface area contributed by atoms with Gasteiger partial charge in [-0.05, 0) is 25.5 Å². The van der Waals surface area contributed by atoms with E-state index in [0.717, 1.165) is 31.9 Å². The molecule has 2 heterocycles. The molecule has 1 saturated heterocycles. The standard InChI is InChI=1S/C14H22N2O2/c1-14(2,16-6-8-18-9-7-16)13(17)10-12-4-3-5-15-11-12/h3-5,11,13,17H,6-10H2,1-2H3. The molecule has 18 heavy (non-hydrogen) atoms. The van der Waals surface area contributed by atoms with Crippen molar-refractivity contribution >= 4 is 0 Å². The van der Waals surface area contributed by atoms with Crippen molar-refractivity contribution in [3.63, 3.8) is 0 Å². The van der Waals surface area contributed by atoms with Crippen LogP contribution in [0, 0.1) is 0 Å². The normalized spacial score (nSPS) is 19.7. The predicted octanol–water partition coefficient (Wildman–Crippen LogP) is 1.10. The highest BCUT2D eigenvalue weighted by Gasteiger charge is 2.35. The molecule has 1 aromatic rings. The first-order valence-corrected chi connectivity index (χ1v) is 6.50. The second kappa shape index (κ2) is 5.78. The van der Waals surface area contributed by atoms with Crippen LogP contribution < -0.4 is 0 Å². The second-order valence-corrected chi connectivity index (χ2v) is 5.33. The molecule has 1 fully saturated rings. The van der Waals surface area contributed by atoms with Gasteiger partial charge >= 0.3 is 0 Å². The zero-order valence-electron chi connectivity index (χ0n) is 11.2. The van der Waals surface area contributed by atoms with Crippen molar-refractivity contribution < 1.29 is 9.84 Å². The van der Waals surface area contributed by atoms with Gasteiger partial charge in [0.2, 0.25) is 0 Å². The lowest BCUT2D eigenvalue weighted by atomic mass is 9.90. The third-order valence-corrected chi connectivity index (χ3v) is 3.79. The number of morpholine rings is 1. The Bertz CT molecular complexity index is 361. The summed E-state index contributed by atoms with van der Waals surface area (Å²) in [5.41, 5.74) is 0.839. The zero-order valence-corrected chi connectivity index (χ0v) is 11.2. The summed E-state index contributed by atoms with van der Waals surface area (Å²) in [6.07, 6.45) is 3.81. The summed E-state index contributed by atoms with van der Waals surface area (Å²) >= 11 is 0. The third-order valence-electron chi connectivity index (χ3n) is 3.79. The molecule has 0 saturated carbocycles. The van der Waals surface area contributed by atoms with E-state index < -0.39 is 6.10 Å². The molecule has 2 rings (SSSR count). The number of aromatic nitrogens is 1. The number of aliphatic hydroxyl groups is 1. The molecule has 1 aromatic heterocycles. The van der Waals surface area contributed by atoms with Crippen molar-refractivity contribution in [2.75, 3.05) is 26.3 Å². The molecule has 0 aliphatic carbocycles. The Morgan fingerprint density at radius 3 is 2.78 bits per heavy atom. The Kier molecular flexibility index (Phi) is 4.32. The van der Waals surface area contributed by atoms with E-state index in [0.29, 0.717) is 6.42 Å². The molecule has 4 heteroatoms. The fourth-order valence-electron chi connectivity index (χ4n) is 2.34. The monoisotopic (exact) mass is 250 g/mol. The Labute approximate surface area is 109 Å². The number of hydrogen-bond acceptors (Lipinski definition) is 4. The van der Waals surface area contributed by atoms with Crippen LogP contribution in [0.1, 0.15) is 19.4 Å². The lowest BCUT2D eigenvalue weighted by Crippen LogP contribution is -2.56. The molecule has 4 nitrogen and oxygen atoms in total. The maximum Gasteiger partial charge on any atom is 0.0759 e. The molecule has 1 aliphatic heterocycles. The van der Waals surface area contributed by atoms with Crippen molar-refractivity contribution in [1.29, 1.82) is 0 Å². The van der Waals surface area contributed by atoms with Gasteiger partial charge in [0.05, 0.1) is 19.3 Å². The average molecular weight is 250 g/mol. The molecule has 1 unspecified atom stereocenters. The van der Waals surface area contributed by atoms with E-state index in [1.54, 1.807) is 6.20 Å². The molecule has 1 atom stereocenters. The highest BCUT2D eigenvalue weighted by molar-refractivity contribution is 5.11. The lowest BCUT2D eigenvalue weighted by Gasteiger charge is -2.43. The van der Waals surface area contributed by atoms with E-state index in [9.17, 15) is 5.11 Å². The van der Waals surface area contributed by atoms with Crippen molar-refractivity contribution in [3.8, 4) is 0 Å². The number of rotatable bonds is 4. The maximum absolute atomic E-state index is 10.5. The van der Waals surface area contributed by atoms with Gasteiger partial charge in [-0.25, -0.2) is 0 Å². The summed E-state index contributed by atoms with van der Waals surface area (Å²) in [6.45, 7) is 7.47. The summed E-state index contributed by atoms with van der Waals surface area (Å²) in [5.74, 6) is 0. The van der Waals surface area contributed by atoms with Gasteiger partial charge in [-0.1, -0.05) is 6.07 Å². The van der Waals surface area contributed by atoms with Gasteiger partial charge in [-0.15, -0.1) is 0 Å². The van der Waals surface area contributed by atoms with Crippen molar-refractivity contribution in [1.82, 2.24) is 9.88 Å². The first-order valence-electron chi connectivity index (χ1n) is 6.50. The minimum Gasteiger partial charge on any atom is -0.391 e. The van der Waals surface area contributed by atoms with E-state index in [4.69, 9.17) is 4.74 Å². The molecular formula is C14H22N2O2. The van der Waals surface area contributed by atoms with Crippen molar-refractivity contribution in [2.45, 2.75) is 31.9 Å². The summed E-state index contributed by atoms with van der Waals surface area (Å²) in [4.78, 5) is 6.39. The SMILES string of the molecule is CC(C)(C(O)Cc1cccnc1)N1CCOCC1. The minimum atomic E-state index is -0.403.